The molecule has 0 radical (unpaired) electrons. The normalized spacial score (nSPS) is 23.2. The van der Waals surface area contributed by atoms with E-state index in [9.17, 15) is 8.96 Å². The zero-order chi connectivity index (χ0) is 19.4. The molecule has 12 heteroatoms. The summed E-state index contributed by atoms with van der Waals surface area (Å²) in [4.78, 5) is 12.3. The van der Waals surface area contributed by atoms with Crippen LogP contribution in [0.3, 0.4) is 0 Å². The van der Waals surface area contributed by atoms with Crippen LogP contribution in [0.5, 0.6) is 5.88 Å². The lowest BCUT2D eigenvalue weighted by atomic mass is 10.3. The molecule has 0 bridgehead atoms. The van der Waals surface area contributed by atoms with E-state index in [-0.39, 0.29) is 31.9 Å². The van der Waals surface area contributed by atoms with Crippen LogP contribution >= 0.6 is 7.60 Å². The Kier molecular flexibility index (Phi) is 6.38. The lowest BCUT2D eigenvalue weighted by molar-refractivity contribution is -0.143. The van der Waals surface area contributed by atoms with Crippen molar-refractivity contribution in [3.8, 4) is 5.88 Å². The maximum Gasteiger partial charge on any atom is 0.356 e. The molecule has 2 aromatic rings. The lowest BCUT2D eigenvalue weighted by Crippen LogP contribution is -2.17. The van der Waals surface area contributed by atoms with Gasteiger partial charge in [-0.2, -0.15) is 4.98 Å². The van der Waals surface area contributed by atoms with Gasteiger partial charge in [-0.1, -0.05) is 0 Å². The van der Waals surface area contributed by atoms with Crippen molar-refractivity contribution < 1.29 is 32.2 Å². The molecule has 0 spiro atoms. The summed E-state index contributed by atoms with van der Waals surface area (Å²) in [6.07, 6.45) is -0.905. The Balaban J connectivity index is 1.71. The van der Waals surface area contributed by atoms with Crippen LogP contribution in [0, 0.1) is 0 Å². The molecule has 2 aromatic heterocycles. The minimum absolute atomic E-state index is 0.0369. The summed E-state index contributed by atoms with van der Waals surface area (Å²) in [5.41, 5.74) is 0.779. The average Bonchev–Trinajstić information content (AvgIpc) is 3.23. The van der Waals surface area contributed by atoms with Gasteiger partial charge < -0.3 is 23.3 Å². The lowest BCUT2D eigenvalue weighted by Gasteiger charge is -2.20. The van der Waals surface area contributed by atoms with Gasteiger partial charge in [-0.05, 0) is 13.8 Å². The molecule has 10 nitrogen and oxygen atoms in total. The number of alkyl halides is 1. The molecule has 0 amide bonds. The summed E-state index contributed by atoms with van der Waals surface area (Å²) in [5.74, 6) is 0.286. The smallest absolute Gasteiger partial charge is 0.356 e. The third kappa shape index (κ3) is 4.27. The SMILES string of the molecule is CCOP(=O)(CO[C@@H]1C[C@H](F)[C@H](n2cnc3c(OC)ncnc32)O1)OCC. The summed E-state index contributed by atoms with van der Waals surface area (Å²) < 4.78 is 55.0. The van der Waals surface area contributed by atoms with E-state index in [1.165, 1.54) is 24.3 Å². The molecule has 1 fully saturated rings. The van der Waals surface area contributed by atoms with Crippen LogP contribution in [-0.4, -0.2) is 58.7 Å². The first-order valence-corrected chi connectivity index (χ1v) is 10.2. The minimum atomic E-state index is -3.40. The van der Waals surface area contributed by atoms with E-state index < -0.39 is 26.3 Å². The second kappa shape index (κ2) is 8.57. The molecule has 0 saturated carbocycles. The zero-order valence-corrected chi connectivity index (χ0v) is 16.2. The van der Waals surface area contributed by atoms with E-state index in [2.05, 4.69) is 15.0 Å². The molecule has 3 atom stereocenters. The van der Waals surface area contributed by atoms with E-state index in [0.29, 0.717) is 11.2 Å². The highest BCUT2D eigenvalue weighted by molar-refractivity contribution is 7.53. The number of nitrogens with zero attached hydrogens (tertiary/aromatic N) is 4. The fraction of sp³-hybridized carbons (Fsp3) is 0.667. The van der Waals surface area contributed by atoms with E-state index in [0.717, 1.165) is 0 Å². The van der Waals surface area contributed by atoms with Crippen LogP contribution in [0.2, 0.25) is 0 Å². The second-order valence-electron chi connectivity index (χ2n) is 5.66. The third-order valence-electron chi connectivity index (χ3n) is 3.88. The first-order valence-electron chi connectivity index (χ1n) is 8.52. The molecule has 1 saturated heterocycles. The number of imidazole rings is 1. The van der Waals surface area contributed by atoms with Gasteiger partial charge in [0.1, 0.15) is 6.33 Å². The zero-order valence-electron chi connectivity index (χ0n) is 15.3. The van der Waals surface area contributed by atoms with Crippen LogP contribution in [0.15, 0.2) is 12.7 Å². The van der Waals surface area contributed by atoms with Crippen LogP contribution in [0.4, 0.5) is 4.39 Å². The van der Waals surface area contributed by atoms with Gasteiger partial charge in [-0.25, -0.2) is 14.4 Å². The van der Waals surface area contributed by atoms with Crippen molar-refractivity contribution in [2.75, 3.05) is 26.7 Å². The molecule has 1 aliphatic heterocycles. The maximum atomic E-state index is 14.6. The predicted molar refractivity (Wildman–Crippen MR) is 92.1 cm³/mol. The first kappa shape index (κ1) is 20.1. The molecule has 3 rings (SSSR count). The van der Waals surface area contributed by atoms with Crippen LogP contribution in [0.1, 0.15) is 26.5 Å². The molecule has 0 aliphatic carbocycles. The molecular weight excluding hydrogens is 382 g/mol. The first-order chi connectivity index (χ1) is 13.0. The number of methoxy groups -OCH3 is 1. The highest BCUT2D eigenvalue weighted by Gasteiger charge is 2.40. The Morgan fingerprint density at radius 2 is 2.04 bits per heavy atom. The van der Waals surface area contributed by atoms with E-state index in [1.807, 2.05) is 0 Å². The fourth-order valence-electron chi connectivity index (χ4n) is 2.79. The number of hydrogen-bond acceptors (Lipinski definition) is 9. The molecule has 3 heterocycles. The molecule has 27 heavy (non-hydrogen) atoms. The summed E-state index contributed by atoms with van der Waals surface area (Å²) in [5, 5.41) is 0. The number of halogens is 1. The maximum absolute atomic E-state index is 14.6. The van der Waals surface area contributed by atoms with Crippen molar-refractivity contribution in [1.29, 1.82) is 0 Å². The van der Waals surface area contributed by atoms with Gasteiger partial charge in [0, 0.05) is 6.42 Å². The number of ether oxygens (including phenoxy) is 3. The number of rotatable bonds is 9. The Hall–Kier alpha value is -1.65. The predicted octanol–water partition coefficient (Wildman–Crippen LogP) is 2.66. The third-order valence-corrected chi connectivity index (χ3v) is 5.65. The van der Waals surface area contributed by atoms with Crippen LogP contribution in [0.25, 0.3) is 11.2 Å². The molecule has 0 N–H and O–H groups in total. The fourth-order valence-corrected chi connectivity index (χ4v) is 4.15. The second-order valence-corrected chi connectivity index (χ2v) is 7.65. The summed E-state index contributed by atoms with van der Waals surface area (Å²) in [6, 6.07) is 0. The Morgan fingerprint density at radius 1 is 1.30 bits per heavy atom. The van der Waals surface area contributed by atoms with Crippen molar-refractivity contribution in [1.82, 2.24) is 19.5 Å². The van der Waals surface area contributed by atoms with Crippen molar-refractivity contribution in [3.05, 3.63) is 12.7 Å². The van der Waals surface area contributed by atoms with Gasteiger partial charge in [0.25, 0.3) is 0 Å². The Bertz CT molecular complexity index is 811. The number of hydrogen-bond donors (Lipinski definition) is 0. The minimum Gasteiger partial charge on any atom is -0.479 e. The van der Waals surface area contributed by atoms with Gasteiger partial charge in [0.2, 0.25) is 5.88 Å². The van der Waals surface area contributed by atoms with Crippen molar-refractivity contribution in [2.24, 2.45) is 0 Å². The van der Waals surface area contributed by atoms with Gasteiger partial charge >= 0.3 is 7.60 Å². The van der Waals surface area contributed by atoms with Crippen LogP contribution in [-0.2, 0) is 23.1 Å². The molecular formula is C15H22FN4O6P. The highest BCUT2D eigenvalue weighted by Crippen LogP contribution is 2.49. The standard InChI is InChI=1S/C15H22FN4O6P/c1-4-24-27(21,25-5-2)9-23-11-6-10(16)15(26-11)20-8-19-12-13(20)17-7-18-14(12)22-3/h7-8,10-11,15H,4-6,9H2,1-3H3/t10-,11-,15+/m0/s1. The van der Waals surface area contributed by atoms with Crippen molar-refractivity contribution >= 4 is 18.8 Å². The van der Waals surface area contributed by atoms with E-state index in [1.54, 1.807) is 13.8 Å². The van der Waals surface area contributed by atoms with Crippen molar-refractivity contribution in [3.63, 3.8) is 0 Å². The quantitative estimate of drug-likeness (QED) is 0.583. The summed E-state index contributed by atoms with van der Waals surface area (Å²) >= 11 is 0. The number of fused-ring (bicyclic) bond motifs is 1. The van der Waals surface area contributed by atoms with Gasteiger partial charge in [0.05, 0.1) is 26.7 Å². The van der Waals surface area contributed by atoms with Crippen molar-refractivity contribution in [2.45, 2.75) is 39.0 Å². The van der Waals surface area contributed by atoms with E-state index >= 15 is 0 Å². The molecule has 0 unspecified atom stereocenters. The van der Waals surface area contributed by atoms with Gasteiger partial charge in [-0.3, -0.25) is 9.13 Å². The molecule has 0 aromatic carbocycles. The monoisotopic (exact) mass is 404 g/mol. The summed E-state index contributed by atoms with van der Waals surface area (Å²) in [6.45, 7) is 3.82. The van der Waals surface area contributed by atoms with E-state index in [4.69, 9.17) is 23.3 Å². The largest absolute Gasteiger partial charge is 0.479 e. The molecule has 1 aliphatic rings. The van der Waals surface area contributed by atoms with Crippen LogP contribution < -0.4 is 4.74 Å². The topological polar surface area (TPSA) is 107 Å². The Morgan fingerprint density at radius 3 is 2.70 bits per heavy atom. The molecule has 150 valence electrons. The number of aromatic nitrogens is 4. The highest BCUT2D eigenvalue weighted by atomic mass is 31.2. The van der Waals surface area contributed by atoms with Gasteiger partial charge in [0.15, 0.2) is 36.2 Å². The Labute approximate surface area is 155 Å². The average molecular weight is 404 g/mol. The summed E-state index contributed by atoms with van der Waals surface area (Å²) in [7, 11) is -1.94. The van der Waals surface area contributed by atoms with Gasteiger partial charge in [-0.15, -0.1) is 0 Å².